The van der Waals surface area contributed by atoms with Gasteiger partial charge in [-0.2, -0.15) is 0 Å². The molecule has 0 spiro atoms. The molecule has 0 unspecified atom stereocenters. The molecule has 146 valence electrons. The predicted octanol–water partition coefficient (Wildman–Crippen LogP) is 2.16. The third kappa shape index (κ3) is 2.66. The van der Waals surface area contributed by atoms with Crippen molar-refractivity contribution in [3.05, 3.63) is 11.6 Å². The summed E-state index contributed by atoms with van der Waals surface area (Å²) in [5, 5.41) is 12.3. The molecule has 0 atom stereocenters. The van der Waals surface area contributed by atoms with Crippen LogP contribution in [0.4, 0.5) is 0 Å². The number of likely N-dealkylation sites (tertiary alicyclic amines) is 1. The summed E-state index contributed by atoms with van der Waals surface area (Å²) in [6.45, 7) is 4.63. The minimum atomic E-state index is 0.348. The number of aromatic nitrogens is 3. The van der Waals surface area contributed by atoms with Crippen molar-refractivity contribution in [2.75, 3.05) is 19.6 Å². The first kappa shape index (κ1) is 16.5. The molecular weight excluding hydrogens is 338 g/mol. The van der Waals surface area contributed by atoms with Crippen LogP contribution in [-0.2, 0) is 17.9 Å². The Morgan fingerprint density at radius 2 is 1.63 bits per heavy atom. The van der Waals surface area contributed by atoms with Crippen molar-refractivity contribution in [1.29, 1.82) is 0 Å². The van der Waals surface area contributed by atoms with E-state index in [9.17, 15) is 4.79 Å². The molecule has 6 aliphatic rings. The first-order valence-electron chi connectivity index (χ1n) is 11.2. The van der Waals surface area contributed by atoms with E-state index in [2.05, 4.69) is 25.0 Å². The van der Waals surface area contributed by atoms with E-state index in [-0.39, 0.29) is 0 Å². The fraction of sp³-hybridized carbons (Fsp3) is 0.857. The molecule has 4 aliphatic carbocycles. The summed E-state index contributed by atoms with van der Waals surface area (Å²) >= 11 is 0. The summed E-state index contributed by atoms with van der Waals surface area (Å²) in [6.07, 6.45) is 8.88. The number of carbonyl (C=O) groups excluding carboxylic acids is 1. The van der Waals surface area contributed by atoms with Crippen LogP contribution >= 0.6 is 0 Å². The fourth-order valence-electron chi connectivity index (χ4n) is 7.31. The average molecular weight is 370 g/mol. The fourth-order valence-corrected chi connectivity index (χ4v) is 7.31. The van der Waals surface area contributed by atoms with E-state index in [0.717, 1.165) is 69.1 Å². The summed E-state index contributed by atoms with van der Waals surface area (Å²) < 4.78 is 2.32. The lowest BCUT2D eigenvalue weighted by Crippen LogP contribution is -2.53. The van der Waals surface area contributed by atoms with Crippen LogP contribution in [-0.4, -0.2) is 45.2 Å². The van der Waals surface area contributed by atoms with Crippen molar-refractivity contribution in [1.82, 2.24) is 25.0 Å². The molecule has 5 fully saturated rings. The van der Waals surface area contributed by atoms with Crippen molar-refractivity contribution in [3.8, 4) is 0 Å². The number of fused-ring (bicyclic) bond motifs is 1. The Kier molecular flexibility index (Phi) is 3.85. The Bertz CT molecular complexity index is 707. The maximum absolute atomic E-state index is 13.4. The van der Waals surface area contributed by atoms with Gasteiger partial charge in [-0.25, -0.2) is 0 Å². The molecule has 3 heterocycles. The van der Waals surface area contributed by atoms with Gasteiger partial charge in [0.05, 0.1) is 6.54 Å². The van der Waals surface area contributed by atoms with Gasteiger partial charge in [0, 0.05) is 38.0 Å². The number of nitrogens with zero attached hydrogens (tertiary/aromatic N) is 4. The first-order valence-corrected chi connectivity index (χ1v) is 11.2. The van der Waals surface area contributed by atoms with Crippen molar-refractivity contribution in [2.24, 2.45) is 29.6 Å². The van der Waals surface area contributed by atoms with Crippen LogP contribution in [0.2, 0.25) is 0 Å². The molecule has 6 nitrogen and oxygen atoms in total. The number of carbonyl (C=O) groups is 1. The zero-order chi connectivity index (χ0) is 18.0. The highest BCUT2D eigenvalue weighted by atomic mass is 16.2. The Balaban J connectivity index is 1.13. The molecule has 27 heavy (non-hydrogen) atoms. The molecule has 1 aromatic rings. The minimum Gasteiger partial charge on any atom is -0.342 e. The Hall–Kier alpha value is -1.43. The molecule has 1 amide bonds. The van der Waals surface area contributed by atoms with Gasteiger partial charge in [-0.15, -0.1) is 10.2 Å². The second-order valence-electron chi connectivity index (χ2n) is 9.86. The van der Waals surface area contributed by atoms with Crippen LogP contribution in [0.25, 0.3) is 0 Å². The van der Waals surface area contributed by atoms with E-state index in [1.165, 1.54) is 32.1 Å². The lowest BCUT2D eigenvalue weighted by atomic mass is 9.51. The number of hydrogen-bond donors (Lipinski definition) is 1. The summed E-state index contributed by atoms with van der Waals surface area (Å²) in [5.74, 6) is 6.82. The van der Waals surface area contributed by atoms with Crippen LogP contribution in [0.15, 0.2) is 0 Å². The molecule has 7 rings (SSSR count). The standard InChI is InChI=1S/C21H31N5O/c27-21(19-16-8-13-7-14(10-16)11-17(19)9-13)25-4-1-15(2-5-25)20-24-23-18-12-22-3-6-26(18)20/h13-17,19,22H,1-12H2. The first-order chi connectivity index (χ1) is 13.3. The van der Waals surface area contributed by atoms with Crippen LogP contribution in [0, 0.1) is 29.6 Å². The highest BCUT2D eigenvalue weighted by Crippen LogP contribution is 2.57. The number of piperidine rings is 1. The molecule has 1 N–H and O–H groups in total. The lowest BCUT2D eigenvalue weighted by Gasteiger charge is -2.54. The zero-order valence-electron chi connectivity index (χ0n) is 16.1. The number of hydrogen-bond acceptors (Lipinski definition) is 4. The van der Waals surface area contributed by atoms with Crippen molar-refractivity contribution in [2.45, 2.75) is 64.0 Å². The van der Waals surface area contributed by atoms with Gasteiger partial charge in [0.1, 0.15) is 11.6 Å². The van der Waals surface area contributed by atoms with Gasteiger partial charge in [-0.1, -0.05) is 0 Å². The largest absolute Gasteiger partial charge is 0.342 e. The molecule has 4 saturated carbocycles. The maximum Gasteiger partial charge on any atom is 0.226 e. The van der Waals surface area contributed by atoms with Crippen LogP contribution in [0.5, 0.6) is 0 Å². The minimum absolute atomic E-state index is 0.348. The number of amides is 1. The average Bonchev–Trinajstić information content (AvgIpc) is 3.11. The van der Waals surface area contributed by atoms with E-state index in [0.29, 0.717) is 29.6 Å². The molecule has 0 aromatic carbocycles. The van der Waals surface area contributed by atoms with Gasteiger partial charge in [-0.3, -0.25) is 4.79 Å². The molecule has 0 radical (unpaired) electrons. The molecule has 1 aromatic heterocycles. The summed E-state index contributed by atoms with van der Waals surface area (Å²) in [6, 6.07) is 0. The second kappa shape index (κ2) is 6.29. The molecular formula is C21H31N5O. The second-order valence-corrected chi connectivity index (χ2v) is 9.86. The normalized spacial score (nSPS) is 38.2. The third-order valence-electron chi connectivity index (χ3n) is 8.33. The predicted molar refractivity (Wildman–Crippen MR) is 101 cm³/mol. The lowest BCUT2D eigenvalue weighted by molar-refractivity contribution is -0.150. The zero-order valence-corrected chi connectivity index (χ0v) is 16.1. The summed E-state index contributed by atoms with van der Waals surface area (Å²) in [5.41, 5.74) is 0. The topological polar surface area (TPSA) is 63.1 Å². The van der Waals surface area contributed by atoms with E-state index >= 15 is 0 Å². The maximum atomic E-state index is 13.4. The Labute approximate surface area is 161 Å². The Morgan fingerprint density at radius 3 is 2.33 bits per heavy atom. The van der Waals surface area contributed by atoms with Gasteiger partial charge >= 0.3 is 0 Å². The molecule has 1 saturated heterocycles. The van der Waals surface area contributed by atoms with E-state index in [4.69, 9.17) is 0 Å². The van der Waals surface area contributed by atoms with Crippen LogP contribution in [0.1, 0.15) is 62.5 Å². The molecule has 4 bridgehead atoms. The Morgan fingerprint density at radius 1 is 0.926 bits per heavy atom. The summed E-state index contributed by atoms with van der Waals surface area (Å²) in [7, 11) is 0. The van der Waals surface area contributed by atoms with Gasteiger partial charge < -0.3 is 14.8 Å². The van der Waals surface area contributed by atoms with Gasteiger partial charge in [0.25, 0.3) is 0 Å². The van der Waals surface area contributed by atoms with Crippen molar-refractivity contribution >= 4 is 5.91 Å². The smallest absolute Gasteiger partial charge is 0.226 e. The van der Waals surface area contributed by atoms with E-state index in [1.54, 1.807) is 0 Å². The van der Waals surface area contributed by atoms with Crippen LogP contribution in [0.3, 0.4) is 0 Å². The molecule has 6 heteroatoms. The van der Waals surface area contributed by atoms with E-state index < -0.39 is 0 Å². The molecule has 2 aliphatic heterocycles. The SMILES string of the molecule is O=C(C1C2CC3CC(C2)CC1C3)N1CCC(c2nnc3n2CCNC3)CC1. The number of nitrogens with one attached hydrogen (secondary N) is 1. The van der Waals surface area contributed by atoms with Gasteiger partial charge in [0.15, 0.2) is 0 Å². The number of rotatable bonds is 2. The van der Waals surface area contributed by atoms with E-state index in [1.807, 2.05) is 0 Å². The highest BCUT2D eigenvalue weighted by Gasteiger charge is 2.51. The monoisotopic (exact) mass is 369 g/mol. The quantitative estimate of drug-likeness (QED) is 0.868. The van der Waals surface area contributed by atoms with Crippen molar-refractivity contribution < 1.29 is 4.79 Å². The van der Waals surface area contributed by atoms with Crippen LogP contribution < -0.4 is 5.32 Å². The highest BCUT2D eigenvalue weighted by molar-refractivity contribution is 5.80. The summed E-state index contributed by atoms with van der Waals surface area (Å²) in [4.78, 5) is 15.6. The van der Waals surface area contributed by atoms with Gasteiger partial charge in [0.2, 0.25) is 5.91 Å². The van der Waals surface area contributed by atoms with Crippen molar-refractivity contribution in [3.63, 3.8) is 0 Å². The van der Waals surface area contributed by atoms with Gasteiger partial charge in [-0.05, 0) is 68.6 Å². The third-order valence-corrected chi connectivity index (χ3v) is 8.33.